The first kappa shape index (κ1) is 14.9. The van der Waals surface area contributed by atoms with Gasteiger partial charge in [0.15, 0.2) is 0 Å². The smallest absolute Gasteiger partial charge is 0.0865 e. The highest BCUT2D eigenvalue weighted by Gasteiger charge is 2.58. The second-order valence-corrected chi connectivity index (χ2v) is 7.23. The van der Waals surface area contributed by atoms with Crippen LogP contribution in [-0.2, 0) is 0 Å². The first-order valence-electron chi connectivity index (χ1n) is 8.12. The number of rotatable bonds is 3. The van der Waals surface area contributed by atoms with E-state index in [9.17, 15) is 10.4 Å². The Kier molecular flexibility index (Phi) is 4.26. The predicted molar refractivity (Wildman–Crippen MR) is 77.4 cm³/mol. The van der Waals surface area contributed by atoms with Crippen LogP contribution in [0, 0.1) is 34.5 Å². The minimum absolute atomic E-state index is 0.302. The zero-order valence-electron chi connectivity index (χ0n) is 12.8. The maximum Gasteiger partial charge on any atom is 0.0865 e. The molecule has 2 nitrogen and oxygen atoms in total. The van der Waals surface area contributed by atoms with E-state index in [0.717, 1.165) is 44.9 Å². The van der Waals surface area contributed by atoms with E-state index in [1.165, 1.54) is 6.42 Å². The second-order valence-electron chi connectivity index (χ2n) is 7.23. The Labute approximate surface area is 118 Å². The number of hydrogen-bond donors (Lipinski definition) is 1. The van der Waals surface area contributed by atoms with Crippen molar-refractivity contribution >= 4 is 0 Å². The summed E-state index contributed by atoms with van der Waals surface area (Å²) in [6, 6.07) is 2.59. The van der Waals surface area contributed by atoms with Gasteiger partial charge < -0.3 is 5.11 Å². The molecule has 0 saturated heterocycles. The van der Waals surface area contributed by atoms with Gasteiger partial charge in [0.05, 0.1) is 17.1 Å². The van der Waals surface area contributed by atoms with Gasteiger partial charge in [-0.05, 0) is 49.9 Å². The molecule has 4 unspecified atom stereocenters. The van der Waals surface area contributed by atoms with Crippen LogP contribution >= 0.6 is 0 Å². The molecule has 19 heavy (non-hydrogen) atoms. The lowest BCUT2D eigenvalue weighted by Crippen LogP contribution is -2.55. The van der Waals surface area contributed by atoms with E-state index in [1.54, 1.807) is 0 Å². The van der Waals surface area contributed by atoms with Gasteiger partial charge in [-0.15, -0.1) is 0 Å². The lowest BCUT2D eigenvalue weighted by Gasteiger charge is -2.50. The standard InChI is InChI=1S/C17H29NO/c1-4-14-8-10-16(11-14,12-18)17(19)9-6-5-7-15(17)13(2)3/h13-15,19H,4-11H2,1-3H3. The molecule has 4 atom stereocenters. The molecule has 0 bridgehead atoms. The first-order chi connectivity index (χ1) is 8.99. The van der Waals surface area contributed by atoms with E-state index >= 15 is 0 Å². The van der Waals surface area contributed by atoms with Crippen molar-refractivity contribution in [3.63, 3.8) is 0 Å². The van der Waals surface area contributed by atoms with Crippen LogP contribution in [-0.4, -0.2) is 10.7 Å². The summed E-state index contributed by atoms with van der Waals surface area (Å²) in [6.45, 7) is 6.62. The second kappa shape index (κ2) is 5.44. The number of nitriles is 1. The summed E-state index contributed by atoms with van der Waals surface area (Å²) in [5.41, 5.74) is -1.21. The molecular formula is C17H29NO. The van der Waals surface area contributed by atoms with Crippen molar-refractivity contribution < 1.29 is 5.11 Å². The van der Waals surface area contributed by atoms with Crippen LogP contribution in [0.1, 0.15) is 72.1 Å². The van der Waals surface area contributed by atoms with E-state index in [1.807, 2.05) is 0 Å². The summed E-state index contributed by atoms with van der Waals surface area (Å²) >= 11 is 0. The molecule has 0 radical (unpaired) electrons. The summed E-state index contributed by atoms with van der Waals surface area (Å²) in [6.07, 6.45) is 8.31. The summed E-state index contributed by atoms with van der Waals surface area (Å²) in [4.78, 5) is 0. The Hall–Kier alpha value is -0.550. The molecule has 2 aliphatic rings. The zero-order valence-corrected chi connectivity index (χ0v) is 12.8. The highest BCUT2D eigenvalue weighted by molar-refractivity contribution is 5.17. The Balaban J connectivity index is 2.32. The molecule has 0 spiro atoms. The van der Waals surface area contributed by atoms with Gasteiger partial charge in [-0.3, -0.25) is 0 Å². The van der Waals surface area contributed by atoms with Gasteiger partial charge in [0.1, 0.15) is 0 Å². The van der Waals surface area contributed by atoms with Crippen molar-refractivity contribution in [3.05, 3.63) is 0 Å². The lowest BCUT2D eigenvalue weighted by atomic mass is 9.57. The zero-order chi connectivity index (χ0) is 14.1. The largest absolute Gasteiger partial charge is 0.388 e. The molecule has 2 rings (SSSR count). The Morgan fingerprint density at radius 1 is 1.26 bits per heavy atom. The average molecular weight is 263 g/mol. The van der Waals surface area contributed by atoms with Crippen molar-refractivity contribution in [2.75, 3.05) is 0 Å². The fourth-order valence-electron chi connectivity index (χ4n) is 4.75. The van der Waals surface area contributed by atoms with Gasteiger partial charge in [0, 0.05) is 0 Å². The maximum absolute atomic E-state index is 11.4. The molecule has 2 heteroatoms. The third-order valence-corrected chi connectivity index (χ3v) is 5.98. The van der Waals surface area contributed by atoms with Gasteiger partial charge in [-0.1, -0.05) is 40.0 Å². The summed E-state index contributed by atoms with van der Waals surface area (Å²) in [5.74, 6) is 1.41. The van der Waals surface area contributed by atoms with Gasteiger partial charge in [0.25, 0.3) is 0 Å². The van der Waals surface area contributed by atoms with Crippen LogP contribution in [0.15, 0.2) is 0 Å². The molecule has 0 aliphatic heterocycles. The molecule has 0 aromatic carbocycles. The maximum atomic E-state index is 11.4. The molecule has 0 heterocycles. The monoisotopic (exact) mass is 263 g/mol. The van der Waals surface area contributed by atoms with Crippen LogP contribution in [0.5, 0.6) is 0 Å². The van der Waals surface area contributed by atoms with Crippen LogP contribution in [0.3, 0.4) is 0 Å². The van der Waals surface area contributed by atoms with E-state index in [4.69, 9.17) is 0 Å². The van der Waals surface area contributed by atoms with Crippen molar-refractivity contribution in [2.45, 2.75) is 77.7 Å². The number of hydrogen-bond acceptors (Lipinski definition) is 2. The molecule has 2 aliphatic carbocycles. The number of aliphatic hydroxyl groups is 1. The van der Waals surface area contributed by atoms with Crippen molar-refractivity contribution in [1.82, 2.24) is 0 Å². The molecule has 108 valence electrons. The SMILES string of the molecule is CCC1CCC(C#N)(C2(O)CCCCC2C(C)C)C1. The minimum Gasteiger partial charge on any atom is -0.388 e. The normalized spacial score (nSPS) is 43.4. The minimum atomic E-state index is -0.738. The number of nitrogens with zero attached hydrogens (tertiary/aromatic N) is 1. The van der Waals surface area contributed by atoms with E-state index in [0.29, 0.717) is 17.8 Å². The summed E-state index contributed by atoms with van der Waals surface area (Å²) < 4.78 is 0. The summed E-state index contributed by atoms with van der Waals surface area (Å²) in [7, 11) is 0. The molecule has 0 amide bonds. The van der Waals surface area contributed by atoms with Crippen LogP contribution < -0.4 is 0 Å². The van der Waals surface area contributed by atoms with E-state index in [-0.39, 0.29) is 0 Å². The quantitative estimate of drug-likeness (QED) is 0.825. The molecular weight excluding hydrogens is 234 g/mol. The molecule has 0 aromatic heterocycles. The topological polar surface area (TPSA) is 44.0 Å². The Morgan fingerprint density at radius 2 is 2.00 bits per heavy atom. The highest BCUT2D eigenvalue weighted by atomic mass is 16.3. The Morgan fingerprint density at radius 3 is 2.53 bits per heavy atom. The van der Waals surface area contributed by atoms with E-state index in [2.05, 4.69) is 26.8 Å². The highest BCUT2D eigenvalue weighted by Crippen LogP contribution is 2.57. The van der Waals surface area contributed by atoms with Crippen LogP contribution in [0.25, 0.3) is 0 Å². The average Bonchev–Trinajstić information content (AvgIpc) is 2.84. The van der Waals surface area contributed by atoms with Gasteiger partial charge >= 0.3 is 0 Å². The van der Waals surface area contributed by atoms with Crippen molar-refractivity contribution in [2.24, 2.45) is 23.2 Å². The fourth-order valence-corrected chi connectivity index (χ4v) is 4.75. The summed E-state index contributed by atoms with van der Waals surface area (Å²) in [5, 5.41) is 21.3. The fraction of sp³-hybridized carbons (Fsp3) is 0.941. The molecule has 0 aromatic rings. The van der Waals surface area contributed by atoms with Gasteiger partial charge in [-0.25, -0.2) is 0 Å². The van der Waals surface area contributed by atoms with Gasteiger partial charge in [0.2, 0.25) is 0 Å². The van der Waals surface area contributed by atoms with Crippen molar-refractivity contribution in [3.8, 4) is 6.07 Å². The third-order valence-electron chi connectivity index (χ3n) is 5.98. The van der Waals surface area contributed by atoms with E-state index < -0.39 is 11.0 Å². The van der Waals surface area contributed by atoms with Gasteiger partial charge in [-0.2, -0.15) is 5.26 Å². The molecule has 1 N–H and O–H groups in total. The third kappa shape index (κ3) is 2.31. The predicted octanol–water partition coefficient (Wildman–Crippen LogP) is 4.28. The van der Waals surface area contributed by atoms with Crippen LogP contribution in [0.4, 0.5) is 0 Å². The molecule has 2 saturated carbocycles. The molecule has 2 fully saturated rings. The Bertz CT molecular complexity index is 359. The first-order valence-corrected chi connectivity index (χ1v) is 8.12. The van der Waals surface area contributed by atoms with Crippen LogP contribution in [0.2, 0.25) is 0 Å². The lowest BCUT2D eigenvalue weighted by molar-refractivity contribution is -0.137. The van der Waals surface area contributed by atoms with Crippen molar-refractivity contribution in [1.29, 1.82) is 5.26 Å².